The summed E-state index contributed by atoms with van der Waals surface area (Å²) in [6, 6.07) is 4.26. The number of hydrogen-bond acceptors (Lipinski definition) is 4. The molecule has 0 amide bonds. The molecule has 5 rings (SSSR count). The molecular formula is C17H19NO3. The standard InChI is InChI=1S/C17H19NO3/c1-18-7-6-17-10-3-5-13(20)16(17)21-15-12(19)4-2-9(14(15)17)8-11(10)18/h2,4,10-11,16,19H,3,5-8H2,1H3/t10?,11-,16+,17+/m1/s1. The summed E-state index contributed by atoms with van der Waals surface area (Å²) in [7, 11) is 2.20. The van der Waals surface area contributed by atoms with Gasteiger partial charge in [-0.15, -0.1) is 0 Å². The number of phenols is 1. The maximum Gasteiger partial charge on any atom is 0.174 e. The minimum atomic E-state index is -0.366. The number of carbonyl (C=O) groups is 1. The van der Waals surface area contributed by atoms with E-state index >= 15 is 0 Å². The van der Waals surface area contributed by atoms with Crippen molar-refractivity contribution in [3.05, 3.63) is 23.3 Å². The maximum atomic E-state index is 12.5. The van der Waals surface area contributed by atoms with Gasteiger partial charge < -0.3 is 14.7 Å². The second kappa shape index (κ2) is 3.61. The number of ketones is 1. The number of ether oxygens (including phenoxy) is 1. The predicted molar refractivity (Wildman–Crippen MR) is 76.7 cm³/mol. The van der Waals surface area contributed by atoms with Crippen LogP contribution < -0.4 is 4.74 Å². The number of rotatable bonds is 0. The largest absolute Gasteiger partial charge is 0.504 e. The Balaban J connectivity index is 1.83. The summed E-state index contributed by atoms with van der Waals surface area (Å²) < 4.78 is 6.04. The second-order valence-electron chi connectivity index (χ2n) is 7.10. The van der Waals surface area contributed by atoms with Gasteiger partial charge in [-0.05, 0) is 50.4 Å². The number of carbonyl (C=O) groups excluding carboxylic acids is 1. The van der Waals surface area contributed by atoms with E-state index in [9.17, 15) is 9.90 Å². The zero-order valence-corrected chi connectivity index (χ0v) is 12.1. The van der Waals surface area contributed by atoms with Crippen molar-refractivity contribution >= 4 is 5.78 Å². The van der Waals surface area contributed by atoms with Crippen LogP contribution in [0.3, 0.4) is 0 Å². The van der Waals surface area contributed by atoms with Gasteiger partial charge in [-0.2, -0.15) is 0 Å². The van der Waals surface area contributed by atoms with Crippen molar-refractivity contribution in [3.63, 3.8) is 0 Å². The number of hydrogen-bond donors (Lipinski definition) is 1. The van der Waals surface area contributed by atoms with E-state index in [1.165, 1.54) is 5.56 Å². The van der Waals surface area contributed by atoms with Crippen molar-refractivity contribution in [1.82, 2.24) is 4.90 Å². The monoisotopic (exact) mass is 285 g/mol. The van der Waals surface area contributed by atoms with Gasteiger partial charge in [0.25, 0.3) is 0 Å². The number of likely N-dealkylation sites (tertiary alicyclic amines) is 1. The molecule has 2 heterocycles. The van der Waals surface area contributed by atoms with Crippen LogP contribution in [0.15, 0.2) is 12.1 Å². The predicted octanol–water partition coefficient (Wildman–Crippen LogP) is 1.63. The fourth-order valence-corrected chi connectivity index (χ4v) is 5.52. The van der Waals surface area contributed by atoms with Crippen molar-refractivity contribution in [2.24, 2.45) is 5.92 Å². The lowest BCUT2D eigenvalue weighted by Crippen LogP contribution is -2.65. The fourth-order valence-electron chi connectivity index (χ4n) is 5.52. The molecule has 4 atom stereocenters. The van der Waals surface area contributed by atoms with E-state index in [-0.39, 0.29) is 23.1 Å². The zero-order valence-electron chi connectivity index (χ0n) is 12.1. The zero-order chi connectivity index (χ0) is 14.4. The Hall–Kier alpha value is -1.55. The van der Waals surface area contributed by atoms with Gasteiger partial charge in [-0.3, -0.25) is 4.79 Å². The Kier molecular flexibility index (Phi) is 2.07. The van der Waals surface area contributed by atoms with Gasteiger partial charge in [-0.1, -0.05) is 6.07 Å². The fraction of sp³-hybridized carbons (Fsp3) is 0.588. The molecule has 0 radical (unpaired) electrons. The summed E-state index contributed by atoms with van der Waals surface area (Å²) >= 11 is 0. The van der Waals surface area contributed by atoms with E-state index in [1.54, 1.807) is 6.07 Å². The Morgan fingerprint density at radius 2 is 2.29 bits per heavy atom. The number of aromatic hydroxyl groups is 1. The van der Waals surface area contributed by atoms with Gasteiger partial charge in [0.2, 0.25) is 0 Å². The van der Waals surface area contributed by atoms with Gasteiger partial charge >= 0.3 is 0 Å². The molecule has 2 aliphatic heterocycles. The molecule has 0 aromatic heterocycles. The number of piperidine rings is 1. The van der Waals surface area contributed by atoms with Crippen LogP contribution in [0.5, 0.6) is 11.5 Å². The molecule has 4 heteroatoms. The molecule has 110 valence electrons. The van der Waals surface area contributed by atoms with Crippen molar-refractivity contribution in [1.29, 1.82) is 0 Å². The molecule has 1 aromatic carbocycles. The number of Topliss-reactive ketones (excluding diaryl/α,β-unsaturated/α-hetero) is 1. The number of phenolic OH excluding ortho intramolecular Hbond substituents is 1. The Labute approximate surface area is 123 Å². The first-order valence-electron chi connectivity index (χ1n) is 7.88. The molecule has 1 N–H and O–H groups in total. The van der Waals surface area contributed by atoms with Gasteiger partial charge in [-0.25, -0.2) is 0 Å². The van der Waals surface area contributed by atoms with Crippen LogP contribution in [-0.2, 0) is 16.6 Å². The molecular weight excluding hydrogens is 266 g/mol. The molecule has 1 unspecified atom stereocenters. The first-order chi connectivity index (χ1) is 10.1. The summed E-state index contributed by atoms with van der Waals surface area (Å²) in [5.74, 6) is 1.50. The summed E-state index contributed by atoms with van der Waals surface area (Å²) in [4.78, 5) is 14.9. The lowest BCUT2D eigenvalue weighted by Gasteiger charge is -2.57. The molecule has 4 aliphatic rings. The van der Waals surface area contributed by atoms with Crippen LogP contribution in [0.2, 0.25) is 0 Å². The molecule has 1 saturated carbocycles. The summed E-state index contributed by atoms with van der Waals surface area (Å²) in [6.07, 6.45) is 3.18. The van der Waals surface area contributed by atoms with E-state index in [0.717, 1.165) is 31.4 Å². The lowest BCUT2D eigenvalue weighted by molar-refractivity contribution is -0.138. The Morgan fingerprint density at radius 3 is 3.14 bits per heavy atom. The molecule has 2 bridgehead atoms. The van der Waals surface area contributed by atoms with Crippen LogP contribution in [0.1, 0.15) is 30.4 Å². The number of nitrogens with zero attached hydrogens (tertiary/aromatic N) is 1. The minimum absolute atomic E-state index is 0.172. The average molecular weight is 285 g/mol. The third kappa shape index (κ3) is 1.20. The van der Waals surface area contributed by atoms with Crippen LogP contribution in [0, 0.1) is 5.92 Å². The van der Waals surface area contributed by atoms with Gasteiger partial charge in [0, 0.05) is 23.4 Å². The van der Waals surface area contributed by atoms with E-state index in [2.05, 4.69) is 11.9 Å². The quantitative estimate of drug-likeness (QED) is 0.787. The highest BCUT2D eigenvalue weighted by atomic mass is 16.5. The SMILES string of the molecule is CN1CC[C@]23c4c5ccc(O)c4O[C@H]2C(=O)CCC3[C@H]1C5. The minimum Gasteiger partial charge on any atom is -0.504 e. The third-order valence-electron chi connectivity index (χ3n) is 6.39. The molecule has 1 spiro atoms. The molecule has 2 fully saturated rings. The molecule has 1 saturated heterocycles. The summed E-state index contributed by atoms with van der Waals surface area (Å²) in [6.45, 7) is 1.00. The number of benzene rings is 1. The Bertz CT molecular complexity index is 670. The number of likely N-dealkylation sites (N-methyl/N-ethyl adjacent to an activating group) is 1. The van der Waals surface area contributed by atoms with Crippen molar-refractivity contribution in [3.8, 4) is 11.5 Å². The molecule has 4 nitrogen and oxygen atoms in total. The first-order valence-corrected chi connectivity index (χ1v) is 7.88. The normalized spacial score (nSPS) is 39.9. The lowest BCUT2D eigenvalue weighted by atomic mass is 9.52. The van der Waals surface area contributed by atoms with Gasteiger partial charge in [0.05, 0.1) is 0 Å². The van der Waals surface area contributed by atoms with Crippen LogP contribution in [0.25, 0.3) is 0 Å². The van der Waals surface area contributed by atoms with Crippen molar-refractivity contribution in [2.45, 2.75) is 43.2 Å². The molecule has 21 heavy (non-hydrogen) atoms. The van der Waals surface area contributed by atoms with E-state index in [1.807, 2.05) is 6.07 Å². The van der Waals surface area contributed by atoms with Gasteiger partial charge in [0.15, 0.2) is 23.4 Å². The van der Waals surface area contributed by atoms with E-state index in [4.69, 9.17) is 4.74 Å². The molecule has 1 aromatic rings. The maximum absolute atomic E-state index is 12.5. The van der Waals surface area contributed by atoms with E-state index < -0.39 is 0 Å². The highest BCUT2D eigenvalue weighted by Crippen LogP contribution is 2.62. The Morgan fingerprint density at radius 1 is 1.43 bits per heavy atom. The molecule has 2 aliphatic carbocycles. The second-order valence-corrected chi connectivity index (χ2v) is 7.10. The third-order valence-corrected chi connectivity index (χ3v) is 6.39. The summed E-state index contributed by atoms with van der Waals surface area (Å²) in [5.41, 5.74) is 2.26. The van der Waals surface area contributed by atoms with Crippen LogP contribution >= 0.6 is 0 Å². The summed E-state index contributed by atoms with van der Waals surface area (Å²) in [5, 5.41) is 10.2. The highest BCUT2D eigenvalue weighted by molar-refractivity contribution is 5.89. The first kappa shape index (κ1) is 12.0. The van der Waals surface area contributed by atoms with Crippen LogP contribution in [-0.4, -0.2) is 41.5 Å². The van der Waals surface area contributed by atoms with Crippen molar-refractivity contribution in [2.75, 3.05) is 13.6 Å². The van der Waals surface area contributed by atoms with Crippen molar-refractivity contribution < 1.29 is 14.6 Å². The smallest absolute Gasteiger partial charge is 0.174 e. The van der Waals surface area contributed by atoms with Crippen LogP contribution in [0.4, 0.5) is 0 Å². The topological polar surface area (TPSA) is 49.8 Å². The highest BCUT2D eigenvalue weighted by Gasteiger charge is 2.65. The van der Waals surface area contributed by atoms with E-state index in [0.29, 0.717) is 24.1 Å². The average Bonchev–Trinajstić information content (AvgIpc) is 2.83. The van der Waals surface area contributed by atoms with Gasteiger partial charge in [0.1, 0.15) is 0 Å².